The first-order chi connectivity index (χ1) is 8.30. The molecule has 1 heterocycles. The van der Waals surface area contributed by atoms with Crippen LogP contribution in [-0.4, -0.2) is 19.9 Å². The van der Waals surface area contributed by atoms with Crippen molar-refractivity contribution >= 4 is 0 Å². The molecule has 0 saturated heterocycles. The van der Waals surface area contributed by atoms with Gasteiger partial charge in [0.25, 0.3) is 0 Å². The molecule has 1 N–H and O–H groups in total. The molecular formula is C13H21N3O. The molecule has 2 aliphatic rings. The van der Waals surface area contributed by atoms with Crippen LogP contribution in [0.5, 0.6) is 0 Å². The Morgan fingerprint density at radius 1 is 1.29 bits per heavy atom. The van der Waals surface area contributed by atoms with Gasteiger partial charge in [-0.15, -0.1) is 10.2 Å². The fourth-order valence-corrected chi connectivity index (χ4v) is 3.30. The van der Waals surface area contributed by atoms with Gasteiger partial charge in [0.05, 0.1) is 0 Å². The van der Waals surface area contributed by atoms with Crippen LogP contribution >= 0.6 is 0 Å². The van der Waals surface area contributed by atoms with Gasteiger partial charge in [-0.05, 0) is 32.1 Å². The third-order valence-corrected chi connectivity index (χ3v) is 4.53. The Hall–Kier alpha value is -0.900. The number of aliphatic hydroxyl groups is 1. The molecule has 94 valence electrons. The lowest BCUT2D eigenvalue weighted by Crippen LogP contribution is -2.26. The molecular weight excluding hydrogens is 214 g/mol. The first-order valence-corrected chi connectivity index (χ1v) is 6.86. The molecule has 1 aromatic rings. The minimum Gasteiger partial charge on any atom is -0.388 e. The monoisotopic (exact) mass is 235 g/mol. The van der Waals surface area contributed by atoms with E-state index in [2.05, 4.69) is 21.7 Å². The molecule has 3 rings (SSSR count). The van der Waals surface area contributed by atoms with E-state index >= 15 is 0 Å². The van der Waals surface area contributed by atoms with Gasteiger partial charge in [-0.3, -0.25) is 0 Å². The summed E-state index contributed by atoms with van der Waals surface area (Å²) in [7, 11) is 0. The molecule has 17 heavy (non-hydrogen) atoms. The molecule has 2 aliphatic carbocycles. The van der Waals surface area contributed by atoms with Crippen molar-refractivity contribution in [1.82, 2.24) is 14.8 Å². The maximum Gasteiger partial charge on any atom is 0.159 e. The summed E-state index contributed by atoms with van der Waals surface area (Å²) in [5, 5.41) is 18.0. The lowest BCUT2D eigenvalue weighted by molar-refractivity contribution is 0.262. The van der Waals surface area contributed by atoms with Crippen LogP contribution in [0.4, 0.5) is 0 Å². The Balaban J connectivity index is 2.03. The van der Waals surface area contributed by atoms with Crippen LogP contribution in [-0.2, 0) is 12.0 Å². The predicted octanol–water partition coefficient (Wildman–Crippen LogP) is 2.33. The smallest absolute Gasteiger partial charge is 0.159 e. The summed E-state index contributed by atoms with van der Waals surface area (Å²) in [4.78, 5) is 0. The van der Waals surface area contributed by atoms with E-state index in [0.717, 1.165) is 18.1 Å². The number of hydrogen-bond donors (Lipinski definition) is 1. The molecule has 0 amide bonds. The van der Waals surface area contributed by atoms with Crippen molar-refractivity contribution in [2.75, 3.05) is 0 Å². The van der Waals surface area contributed by atoms with Gasteiger partial charge in [0, 0.05) is 11.5 Å². The van der Waals surface area contributed by atoms with Gasteiger partial charge in [-0.25, -0.2) is 0 Å². The Morgan fingerprint density at radius 2 is 2.00 bits per heavy atom. The first-order valence-electron chi connectivity index (χ1n) is 6.86. The Morgan fingerprint density at radius 3 is 2.53 bits per heavy atom. The van der Waals surface area contributed by atoms with Crippen LogP contribution < -0.4 is 0 Å². The standard InChI is InChI=1S/C13H21N3O/c1-2-13(7-3-4-8-13)12-15-14-11(9-17)16(12)10-5-6-10/h10,17H,2-9H2,1H3. The zero-order valence-electron chi connectivity index (χ0n) is 10.5. The second-order valence-corrected chi connectivity index (χ2v) is 5.54. The predicted molar refractivity (Wildman–Crippen MR) is 64.7 cm³/mol. The lowest BCUT2D eigenvalue weighted by Gasteiger charge is -2.27. The van der Waals surface area contributed by atoms with E-state index in [1.165, 1.54) is 38.5 Å². The van der Waals surface area contributed by atoms with Gasteiger partial charge >= 0.3 is 0 Å². The van der Waals surface area contributed by atoms with Crippen LogP contribution in [0, 0.1) is 0 Å². The molecule has 1 aromatic heterocycles. The van der Waals surface area contributed by atoms with E-state index in [-0.39, 0.29) is 12.0 Å². The summed E-state index contributed by atoms with van der Waals surface area (Å²) in [5.41, 5.74) is 0.239. The SMILES string of the molecule is CCC1(c2nnc(CO)n2C2CC2)CCCC1. The summed E-state index contributed by atoms with van der Waals surface area (Å²) in [6.07, 6.45) is 8.66. The average Bonchev–Trinajstić information content (AvgIpc) is 2.94. The summed E-state index contributed by atoms with van der Waals surface area (Å²) in [6, 6.07) is 0.561. The molecule has 2 fully saturated rings. The highest BCUT2D eigenvalue weighted by atomic mass is 16.3. The topological polar surface area (TPSA) is 50.9 Å². The molecule has 0 unspecified atom stereocenters. The van der Waals surface area contributed by atoms with E-state index in [1.54, 1.807) is 0 Å². The molecule has 0 atom stereocenters. The van der Waals surface area contributed by atoms with Crippen LogP contribution in [0.1, 0.15) is 69.6 Å². The number of hydrogen-bond acceptors (Lipinski definition) is 3. The number of aromatic nitrogens is 3. The van der Waals surface area contributed by atoms with Gasteiger partial charge in [0.2, 0.25) is 0 Å². The number of aliphatic hydroxyl groups excluding tert-OH is 1. The van der Waals surface area contributed by atoms with Crippen molar-refractivity contribution in [2.45, 2.75) is 69.9 Å². The van der Waals surface area contributed by atoms with Gasteiger partial charge < -0.3 is 9.67 Å². The largest absolute Gasteiger partial charge is 0.388 e. The Kier molecular flexibility index (Phi) is 2.69. The molecule has 0 radical (unpaired) electrons. The number of nitrogens with zero attached hydrogens (tertiary/aromatic N) is 3. The second kappa shape index (κ2) is 4.09. The van der Waals surface area contributed by atoms with Crippen molar-refractivity contribution in [2.24, 2.45) is 0 Å². The van der Waals surface area contributed by atoms with Crippen molar-refractivity contribution < 1.29 is 5.11 Å². The third kappa shape index (κ3) is 1.69. The zero-order chi connectivity index (χ0) is 11.9. The van der Waals surface area contributed by atoms with E-state index in [9.17, 15) is 5.11 Å². The van der Waals surface area contributed by atoms with Crippen LogP contribution in [0.25, 0.3) is 0 Å². The minimum absolute atomic E-state index is 0.0172. The van der Waals surface area contributed by atoms with Crippen molar-refractivity contribution in [1.29, 1.82) is 0 Å². The quantitative estimate of drug-likeness (QED) is 0.871. The van der Waals surface area contributed by atoms with Gasteiger partial charge in [-0.2, -0.15) is 0 Å². The van der Waals surface area contributed by atoms with Crippen LogP contribution in [0.15, 0.2) is 0 Å². The summed E-state index contributed by atoms with van der Waals surface area (Å²) >= 11 is 0. The van der Waals surface area contributed by atoms with E-state index in [1.807, 2.05) is 0 Å². The highest BCUT2D eigenvalue weighted by Crippen LogP contribution is 2.46. The molecule has 0 spiro atoms. The maximum atomic E-state index is 9.38. The van der Waals surface area contributed by atoms with Crippen molar-refractivity contribution in [3.8, 4) is 0 Å². The van der Waals surface area contributed by atoms with E-state index < -0.39 is 0 Å². The summed E-state index contributed by atoms with van der Waals surface area (Å²) in [6.45, 7) is 2.28. The molecule has 0 bridgehead atoms. The van der Waals surface area contributed by atoms with Crippen LogP contribution in [0.3, 0.4) is 0 Å². The fourth-order valence-electron chi connectivity index (χ4n) is 3.30. The van der Waals surface area contributed by atoms with Crippen molar-refractivity contribution in [3.63, 3.8) is 0 Å². The third-order valence-electron chi connectivity index (χ3n) is 4.53. The molecule has 2 saturated carbocycles. The normalized spacial score (nSPS) is 23.2. The first kappa shape index (κ1) is 11.2. The summed E-state index contributed by atoms with van der Waals surface area (Å²) in [5.74, 6) is 1.92. The highest BCUT2D eigenvalue weighted by Gasteiger charge is 2.41. The van der Waals surface area contributed by atoms with E-state index in [4.69, 9.17) is 0 Å². The average molecular weight is 235 g/mol. The lowest BCUT2D eigenvalue weighted by atomic mass is 9.82. The highest BCUT2D eigenvalue weighted by molar-refractivity contribution is 5.15. The van der Waals surface area contributed by atoms with Gasteiger partial charge in [-0.1, -0.05) is 19.8 Å². The number of rotatable bonds is 4. The molecule has 0 aromatic carbocycles. The van der Waals surface area contributed by atoms with Gasteiger partial charge in [0.1, 0.15) is 12.4 Å². The Labute approximate surface area is 102 Å². The summed E-state index contributed by atoms with van der Waals surface area (Å²) < 4.78 is 2.24. The van der Waals surface area contributed by atoms with E-state index in [0.29, 0.717) is 6.04 Å². The molecule has 0 aliphatic heterocycles. The Bertz CT molecular complexity index is 403. The fraction of sp³-hybridized carbons (Fsp3) is 0.846. The minimum atomic E-state index is 0.0172. The van der Waals surface area contributed by atoms with Gasteiger partial charge in [0.15, 0.2) is 5.82 Å². The van der Waals surface area contributed by atoms with Crippen molar-refractivity contribution in [3.05, 3.63) is 11.6 Å². The van der Waals surface area contributed by atoms with Crippen LogP contribution in [0.2, 0.25) is 0 Å². The molecule has 4 heteroatoms. The second-order valence-electron chi connectivity index (χ2n) is 5.54. The molecule has 4 nitrogen and oxygen atoms in total. The maximum absolute atomic E-state index is 9.38. The zero-order valence-corrected chi connectivity index (χ0v) is 10.5.